The summed E-state index contributed by atoms with van der Waals surface area (Å²) in [4.78, 5) is 39.1. The maximum atomic E-state index is 13.3. The van der Waals surface area contributed by atoms with Crippen LogP contribution in [-0.4, -0.2) is 48.3 Å². The van der Waals surface area contributed by atoms with Gasteiger partial charge in [-0.1, -0.05) is 24.6 Å². The van der Waals surface area contributed by atoms with Gasteiger partial charge >= 0.3 is 12.3 Å². The number of ether oxygens (including phenoxy) is 1. The molecule has 0 spiro atoms. The predicted molar refractivity (Wildman–Crippen MR) is 109 cm³/mol. The fourth-order valence-electron chi connectivity index (χ4n) is 3.17. The van der Waals surface area contributed by atoms with E-state index >= 15 is 0 Å². The maximum absolute atomic E-state index is 13.3. The van der Waals surface area contributed by atoms with Crippen molar-refractivity contribution in [3.63, 3.8) is 0 Å². The Bertz CT molecular complexity index is 855. The van der Waals surface area contributed by atoms with Crippen molar-refractivity contribution in [2.24, 2.45) is 0 Å². The highest BCUT2D eigenvalue weighted by atomic mass is 35.5. The van der Waals surface area contributed by atoms with Crippen LogP contribution < -0.4 is 15.5 Å². The molecule has 3 amide bonds. The zero-order valence-corrected chi connectivity index (χ0v) is 18.4. The number of nitrogens with one attached hydrogen (secondary N) is 2. The first-order valence-corrected chi connectivity index (χ1v) is 10.1. The fourth-order valence-corrected chi connectivity index (χ4v) is 3.42. The monoisotopic (exact) mass is 463 g/mol. The Balaban J connectivity index is 2.31. The number of nitrogens with zero attached hydrogens (tertiary/aromatic N) is 1. The number of carbonyl (C=O) groups is 3. The zero-order chi connectivity index (χ0) is 23.6. The van der Waals surface area contributed by atoms with Crippen LogP contribution >= 0.6 is 11.6 Å². The minimum atomic E-state index is -4.60. The summed E-state index contributed by atoms with van der Waals surface area (Å²) >= 11 is 6.19. The number of amides is 3. The molecular weight excluding hydrogens is 439 g/mol. The van der Waals surface area contributed by atoms with Crippen molar-refractivity contribution in [2.75, 3.05) is 11.4 Å². The second kappa shape index (κ2) is 9.33. The second-order valence-corrected chi connectivity index (χ2v) is 8.51. The molecular formula is C20H25ClF3N3O4. The first-order chi connectivity index (χ1) is 14.2. The van der Waals surface area contributed by atoms with E-state index in [9.17, 15) is 27.6 Å². The Morgan fingerprint density at radius 2 is 1.90 bits per heavy atom. The summed E-state index contributed by atoms with van der Waals surface area (Å²) in [6, 6.07) is 2.39. The van der Waals surface area contributed by atoms with E-state index in [4.69, 9.17) is 16.3 Å². The number of alkyl carbamates (subject to hydrolysis) is 1. The molecule has 11 heteroatoms. The van der Waals surface area contributed by atoms with Crippen molar-refractivity contribution in [3.8, 4) is 0 Å². The number of halogens is 4. The van der Waals surface area contributed by atoms with Crippen molar-refractivity contribution in [1.82, 2.24) is 10.6 Å². The van der Waals surface area contributed by atoms with Crippen LogP contribution in [0.5, 0.6) is 0 Å². The van der Waals surface area contributed by atoms with Crippen LogP contribution in [0.2, 0.25) is 5.02 Å². The van der Waals surface area contributed by atoms with Crippen molar-refractivity contribution in [1.29, 1.82) is 0 Å². The lowest BCUT2D eigenvalue weighted by molar-refractivity contribution is -0.139. The summed E-state index contributed by atoms with van der Waals surface area (Å²) in [7, 11) is 0. The molecule has 2 rings (SSSR count). The van der Waals surface area contributed by atoms with Gasteiger partial charge in [-0.25, -0.2) is 4.79 Å². The molecule has 0 saturated carbocycles. The van der Waals surface area contributed by atoms with Crippen LogP contribution in [-0.2, 0) is 20.7 Å². The quantitative estimate of drug-likeness (QED) is 0.698. The van der Waals surface area contributed by atoms with Gasteiger partial charge in [-0.3, -0.25) is 14.5 Å². The molecule has 0 unspecified atom stereocenters. The van der Waals surface area contributed by atoms with Crippen LogP contribution in [0, 0.1) is 0 Å². The van der Waals surface area contributed by atoms with Crippen molar-refractivity contribution in [3.05, 3.63) is 28.8 Å². The normalized spacial score (nSPS) is 17.0. The molecule has 31 heavy (non-hydrogen) atoms. The molecule has 1 heterocycles. The topological polar surface area (TPSA) is 87.7 Å². The smallest absolute Gasteiger partial charge is 0.408 e. The molecule has 0 saturated heterocycles. The molecule has 172 valence electrons. The van der Waals surface area contributed by atoms with E-state index in [1.54, 1.807) is 45.9 Å². The molecule has 0 aromatic heterocycles. The molecule has 0 aliphatic carbocycles. The van der Waals surface area contributed by atoms with Crippen molar-refractivity contribution >= 4 is 35.2 Å². The predicted octanol–water partition coefficient (Wildman–Crippen LogP) is 3.58. The first-order valence-electron chi connectivity index (χ1n) is 9.68. The molecule has 2 atom stereocenters. The number of alkyl halides is 3. The summed E-state index contributed by atoms with van der Waals surface area (Å²) in [5.41, 5.74) is -0.00922. The number of fused-ring (bicyclic) bond motifs is 1. The zero-order valence-electron chi connectivity index (χ0n) is 17.6. The molecule has 0 fully saturated rings. The third kappa shape index (κ3) is 6.49. The van der Waals surface area contributed by atoms with Crippen molar-refractivity contribution < 1.29 is 32.3 Å². The summed E-state index contributed by atoms with van der Waals surface area (Å²) in [5, 5.41) is 4.57. The molecule has 0 bridgehead atoms. The van der Waals surface area contributed by atoms with E-state index in [1.165, 1.54) is 0 Å². The standard InChI is InChI=1S/C20H25ClF3N3O4/c1-5-13(26-18(30)31-19(2,3)4)17(29)27-14-8-6-7-12(21)11(14)9-15(27)16(28)25-10-20(22,23)24/h6-8,13,15H,5,9-10H2,1-4H3,(H,25,28)(H,26,30)/t13-,15+/m0/s1. The first kappa shape index (κ1) is 24.8. The van der Waals surface area contributed by atoms with Gasteiger partial charge in [0.2, 0.25) is 11.8 Å². The van der Waals surface area contributed by atoms with E-state index in [0.29, 0.717) is 11.3 Å². The van der Waals surface area contributed by atoms with Gasteiger partial charge in [0, 0.05) is 17.1 Å². The minimum Gasteiger partial charge on any atom is -0.444 e. The van der Waals surface area contributed by atoms with Gasteiger partial charge in [0.1, 0.15) is 24.2 Å². The number of rotatable bonds is 5. The molecule has 1 aliphatic rings. The Morgan fingerprint density at radius 1 is 1.26 bits per heavy atom. The van der Waals surface area contributed by atoms with Gasteiger partial charge in [-0.15, -0.1) is 0 Å². The van der Waals surface area contributed by atoms with Crippen LogP contribution in [0.1, 0.15) is 39.7 Å². The third-order valence-corrected chi connectivity index (χ3v) is 4.82. The van der Waals surface area contributed by atoms with Gasteiger partial charge in [0.25, 0.3) is 0 Å². The van der Waals surface area contributed by atoms with Crippen LogP contribution in [0.3, 0.4) is 0 Å². The Morgan fingerprint density at radius 3 is 2.45 bits per heavy atom. The number of anilines is 1. The van der Waals surface area contributed by atoms with E-state index < -0.39 is 48.3 Å². The molecule has 1 aliphatic heterocycles. The lowest BCUT2D eigenvalue weighted by Crippen LogP contribution is -2.55. The average Bonchev–Trinajstić information content (AvgIpc) is 3.02. The van der Waals surface area contributed by atoms with E-state index in [0.717, 1.165) is 4.90 Å². The lowest BCUT2D eigenvalue weighted by Gasteiger charge is -2.29. The third-order valence-electron chi connectivity index (χ3n) is 4.46. The van der Waals surface area contributed by atoms with Crippen LogP contribution in [0.25, 0.3) is 0 Å². The van der Waals surface area contributed by atoms with Gasteiger partial charge in [-0.05, 0) is 44.9 Å². The lowest BCUT2D eigenvalue weighted by atomic mass is 10.1. The van der Waals surface area contributed by atoms with Crippen LogP contribution in [0.15, 0.2) is 18.2 Å². The highest BCUT2D eigenvalue weighted by Crippen LogP contribution is 2.37. The summed E-state index contributed by atoms with van der Waals surface area (Å²) in [6.07, 6.45) is -5.30. The fraction of sp³-hybridized carbons (Fsp3) is 0.550. The van der Waals surface area contributed by atoms with E-state index in [-0.39, 0.29) is 17.9 Å². The van der Waals surface area contributed by atoms with Gasteiger partial charge in [0.05, 0.1) is 0 Å². The minimum absolute atomic E-state index is 0.0483. The van der Waals surface area contributed by atoms with Crippen molar-refractivity contribution in [2.45, 2.75) is 64.4 Å². The molecule has 7 nitrogen and oxygen atoms in total. The number of benzene rings is 1. The highest BCUT2D eigenvalue weighted by molar-refractivity contribution is 6.32. The Hall–Kier alpha value is -2.49. The summed E-state index contributed by atoms with van der Waals surface area (Å²) in [5.74, 6) is -1.62. The van der Waals surface area contributed by atoms with E-state index in [2.05, 4.69) is 5.32 Å². The molecule has 1 aromatic rings. The average molecular weight is 464 g/mol. The van der Waals surface area contributed by atoms with Crippen LogP contribution in [0.4, 0.5) is 23.7 Å². The SMILES string of the molecule is CC[C@H](NC(=O)OC(C)(C)C)C(=O)N1c2cccc(Cl)c2C[C@@H]1C(=O)NCC(F)(F)F. The summed E-state index contributed by atoms with van der Waals surface area (Å²) in [6.45, 7) is 5.11. The Labute approximate surface area is 183 Å². The molecule has 2 N–H and O–H groups in total. The molecule has 1 aromatic carbocycles. The number of carbonyl (C=O) groups excluding carboxylic acids is 3. The highest BCUT2D eigenvalue weighted by Gasteiger charge is 2.42. The second-order valence-electron chi connectivity index (χ2n) is 8.11. The largest absolute Gasteiger partial charge is 0.444 e. The number of hydrogen-bond acceptors (Lipinski definition) is 4. The summed E-state index contributed by atoms with van der Waals surface area (Å²) < 4.78 is 42.9. The number of hydrogen-bond donors (Lipinski definition) is 2. The Kier molecular flexibility index (Phi) is 7.46. The maximum Gasteiger partial charge on any atom is 0.408 e. The van der Waals surface area contributed by atoms with Gasteiger partial charge < -0.3 is 15.4 Å². The van der Waals surface area contributed by atoms with E-state index in [1.807, 2.05) is 5.32 Å². The van der Waals surface area contributed by atoms with Gasteiger partial charge in [0.15, 0.2) is 0 Å². The molecule has 0 radical (unpaired) electrons. The van der Waals surface area contributed by atoms with Gasteiger partial charge in [-0.2, -0.15) is 13.2 Å².